The van der Waals surface area contributed by atoms with Gasteiger partial charge in [0.05, 0.1) is 26.9 Å². The Morgan fingerprint density at radius 2 is 1.95 bits per heavy atom. The summed E-state index contributed by atoms with van der Waals surface area (Å²) in [5, 5.41) is 6.15. The minimum Gasteiger partial charge on any atom is -0.339 e. The molecule has 1 aromatic carbocycles. The molecule has 1 unspecified atom stereocenters. The van der Waals surface area contributed by atoms with Crippen LogP contribution >= 0.6 is 22.9 Å². The second-order valence-corrected chi connectivity index (χ2v) is 12.6. The van der Waals surface area contributed by atoms with Crippen LogP contribution in [0.1, 0.15) is 50.5 Å². The van der Waals surface area contributed by atoms with E-state index >= 15 is 0 Å². The molecule has 0 radical (unpaired) electrons. The van der Waals surface area contributed by atoms with Gasteiger partial charge in [0.2, 0.25) is 5.95 Å². The maximum absolute atomic E-state index is 14.0. The first-order valence-electron chi connectivity index (χ1n) is 11.7. The van der Waals surface area contributed by atoms with Crippen molar-refractivity contribution < 1.29 is 26.4 Å². The van der Waals surface area contributed by atoms with Crippen molar-refractivity contribution >= 4 is 50.3 Å². The molecule has 0 saturated carbocycles. The Kier molecular flexibility index (Phi) is 7.14. The number of carbonyl (C=O) groups excluding carboxylic acids is 1. The summed E-state index contributed by atoms with van der Waals surface area (Å²) >= 11 is 7.30. The van der Waals surface area contributed by atoms with Crippen LogP contribution in [-0.4, -0.2) is 55.9 Å². The molecule has 202 valence electrons. The number of hydrogen-bond donors (Lipinski definition) is 2. The molecule has 0 spiro atoms. The van der Waals surface area contributed by atoms with Crippen molar-refractivity contribution in [3.63, 3.8) is 0 Å². The van der Waals surface area contributed by atoms with Gasteiger partial charge in [0, 0.05) is 19.8 Å². The molecular weight excluding hydrogens is 563 g/mol. The van der Waals surface area contributed by atoms with Crippen molar-refractivity contribution in [2.24, 2.45) is 0 Å². The van der Waals surface area contributed by atoms with E-state index in [2.05, 4.69) is 20.6 Å². The summed E-state index contributed by atoms with van der Waals surface area (Å²) in [6.45, 7) is 1.24. The van der Waals surface area contributed by atoms with E-state index in [4.69, 9.17) is 11.6 Å². The largest absolute Gasteiger partial charge is 0.419 e. The summed E-state index contributed by atoms with van der Waals surface area (Å²) in [6, 6.07) is 6.65. The van der Waals surface area contributed by atoms with Crippen LogP contribution in [0, 0.1) is 0 Å². The van der Waals surface area contributed by atoms with Crippen molar-refractivity contribution in [3.05, 3.63) is 62.6 Å². The number of likely N-dealkylation sites (N-methyl/N-ethyl adjacent to an activating group) is 1. The lowest BCUT2D eigenvalue weighted by Gasteiger charge is -2.24. The van der Waals surface area contributed by atoms with Crippen molar-refractivity contribution in [3.8, 4) is 0 Å². The number of nitrogens with zero attached hydrogens (tertiary/aromatic N) is 3. The topological polar surface area (TPSA) is 104 Å². The molecule has 14 heteroatoms. The Hall–Kier alpha value is -2.74. The molecule has 5 rings (SSSR count). The highest BCUT2D eigenvalue weighted by Gasteiger charge is 2.45. The number of benzene rings is 1. The Morgan fingerprint density at radius 3 is 2.66 bits per heavy atom. The predicted molar refractivity (Wildman–Crippen MR) is 138 cm³/mol. The van der Waals surface area contributed by atoms with Crippen LogP contribution in [0.4, 0.5) is 24.8 Å². The number of thiophene rings is 1. The highest BCUT2D eigenvalue weighted by molar-refractivity contribution is 7.92. The lowest BCUT2D eigenvalue weighted by atomic mass is 9.90. The molecule has 2 aromatic heterocycles. The van der Waals surface area contributed by atoms with Crippen LogP contribution < -0.4 is 10.6 Å². The molecule has 0 bridgehead atoms. The third-order valence-electron chi connectivity index (χ3n) is 6.77. The SMILES string of the molecule is CN1CC(c2nc(Nc3cc(C4CCNCC4)ccc3Cl)ncc2C(F)(F)F)S(=O)(=O)c2ccsc2C1=O. The Labute approximate surface area is 226 Å². The summed E-state index contributed by atoms with van der Waals surface area (Å²) < 4.78 is 69.3. The first kappa shape index (κ1) is 26.9. The van der Waals surface area contributed by atoms with Gasteiger partial charge in [-0.2, -0.15) is 13.2 Å². The van der Waals surface area contributed by atoms with E-state index in [-0.39, 0.29) is 15.7 Å². The minimum atomic E-state index is -4.93. The fourth-order valence-electron chi connectivity index (χ4n) is 4.75. The molecule has 1 atom stereocenters. The van der Waals surface area contributed by atoms with Crippen molar-refractivity contribution in [1.82, 2.24) is 20.2 Å². The zero-order chi connectivity index (χ0) is 27.2. The molecule has 2 aliphatic heterocycles. The summed E-state index contributed by atoms with van der Waals surface area (Å²) in [7, 11) is -3.05. The summed E-state index contributed by atoms with van der Waals surface area (Å²) in [5.41, 5.74) is -0.614. The van der Waals surface area contributed by atoms with E-state index in [1.165, 1.54) is 18.5 Å². The van der Waals surface area contributed by atoms with Gasteiger partial charge in [0.1, 0.15) is 10.1 Å². The fraction of sp³-hybridized carbons (Fsp3) is 0.375. The van der Waals surface area contributed by atoms with Gasteiger partial charge in [-0.05, 0) is 61.0 Å². The highest BCUT2D eigenvalue weighted by Crippen LogP contribution is 2.42. The number of piperidine rings is 1. The van der Waals surface area contributed by atoms with Gasteiger partial charge in [0.15, 0.2) is 9.84 Å². The zero-order valence-electron chi connectivity index (χ0n) is 20.0. The Morgan fingerprint density at radius 1 is 1.21 bits per heavy atom. The molecule has 4 heterocycles. The number of halogens is 4. The molecule has 1 amide bonds. The molecule has 1 fully saturated rings. The van der Waals surface area contributed by atoms with Gasteiger partial charge in [-0.3, -0.25) is 4.79 Å². The molecule has 3 aromatic rings. The maximum Gasteiger partial charge on any atom is 0.419 e. The summed E-state index contributed by atoms with van der Waals surface area (Å²) in [5.74, 6) is -0.526. The Balaban J connectivity index is 1.58. The zero-order valence-corrected chi connectivity index (χ0v) is 22.4. The molecule has 0 aliphatic carbocycles. The molecule has 8 nitrogen and oxygen atoms in total. The van der Waals surface area contributed by atoms with E-state index in [0.29, 0.717) is 22.8 Å². The highest BCUT2D eigenvalue weighted by atomic mass is 35.5. The quantitative estimate of drug-likeness (QED) is 0.443. The van der Waals surface area contributed by atoms with Crippen LogP contribution in [0.3, 0.4) is 0 Å². The van der Waals surface area contributed by atoms with Gasteiger partial charge in [-0.1, -0.05) is 17.7 Å². The van der Waals surface area contributed by atoms with Gasteiger partial charge >= 0.3 is 6.18 Å². The lowest BCUT2D eigenvalue weighted by molar-refractivity contribution is -0.138. The second-order valence-electron chi connectivity index (χ2n) is 9.21. The summed E-state index contributed by atoms with van der Waals surface area (Å²) in [4.78, 5) is 21.4. The van der Waals surface area contributed by atoms with E-state index in [1.807, 2.05) is 12.1 Å². The van der Waals surface area contributed by atoms with E-state index in [0.717, 1.165) is 47.7 Å². The number of nitrogens with one attached hydrogen (secondary N) is 2. The average Bonchev–Trinajstić information content (AvgIpc) is 3.36. The number of sulfone groups is 1. The number of amides is 1. The number of rotatable bonds is 4. The second kappa shape index (κ2) is 10.1. The smallest absolute Gasteiger partial charge is 0.339 e. The first-order valence-corrected chi connectivity index (χ1v) is 14.6. The normalized spacial score (nSPS) is 20.2. The molecule has 2 aliphatic rings. The number of aromatic nitrogens is 2. The number of carbonyl (C=O) groups is 1. The number of hydrogen-bond acceptors (Lipinski definition) is 8. The van der Waals surface area contributed by atoms with Crippen molar-refractivity contribution in [2.75, 3.05) is 32.0 Å². The minimum absolute atomic E-state index is 0.0440. The first-order chi connectivity index (χ1) is 18.0. The van der Waals surface area contributed by atoms with E-state index in [9.17, 15) is 26.4 Å². The van der Waals surface area contributed by atoms with E-state index < -0.39 is 45.0 Å². The monoisotopic (exact) mass is 585 g/mol. The average molecular weight is 586 g/mol. The van der Waals surface area contributed by atoms with E-state index in [1.54, 1.807) is 6.07 Å². The molecule has 38 heavy (non-hydrogen) atoms. The lowest BCUT2D eigenvalue weighted by Crippen LogP contribution is -2.31. The van der Waals surface area contributed by atoms with Crippen LogP contribution in [0.25, 0.3) is 0 Å². The van der Waals surface area contributed by atoms with Crippen LogP contribution in [0.15, 0.2) is 40.7 Å². The van der Waals surface area contributed by atoms with Crippen LogP contribution in [0.5, 0.6) is 0 Å². The summed E-state index contributed by atoms with van der Waals surface area (Å²) in [6.07, 6.45) is -2.51. The Bertz CT molecular complexity index is 1490. The molecule has 2 N–H and O–H groups in total. The third-order valence-corrected chi connectivity index (χ3v) is 10.2. The number of anilines is 2. The van der Waals surface area contributed by atoms with Crippen LogP contribution in [-0.2, 0) is 16.0 Å². The van der Waals surface area contributed by atoms with Gasteiger partial charge < -0.3 is 15.5 Å². The maximum atomic E-state index is 14.0. The van der Waals surface area contributed by atoms with Crippen molar-refractivity contribution in [1.29, 1.82) is 0 Å². The number of alkyl halides is 3. The van der Waals surface area contributed by atoms with Crippen LogP contribution in [0.2, 0.25) is 5.02 Å². The number of fused-ring (bicyclic) bond motifs is 1. The molecule has 1 saturated heterocycles. The predicted octanol–water partition coefficient (Wildman–Crippen LogP) is 5.02. The van der Waals surface area contributed by atoms with Gasteiger partial charge in [-0.15, -0.1) is 11.3 Å². The molecular formula is C24H23ClF3N5O3S2. The standard InChI is InChI=1S/C24H23ClF3N5O3S2/c1-33-12-19(38(35,36)18-6-9-37-21(18)22(33)34)20-15(24(26,27)28)11-30-23(32-20)31-17-10-14(2-3-16(17)25)13-4-7-29-8-5-13/h2-3,6,9-11,13,19,29H,4-5,7-8,12H2,1H3,(H,30,31,32). The third kappa shape index (κ3) is 4.99. The van der Waals surface area contributed by atoms with Gasteiger partial charge in [0.25, 0.3) is 5.91 Å². The van der Waals surface area contributed by atoms with Gasteiger partial charge in [-0.25, -0.2) is 18.4 Å². The van der Waals surface area contributed by atoms with Crippen molar-refractivity contribution in [2.45, 2.75) is 35.1 Å². The fourth-order valence-corrected chi connectivity index (χ4v) is 8.08.